The van der Waals surface area contributed by atoms with Gasteiger partial charge in [0.2, 0.25) is 0 Å². The Hall–Kier alpha value is 0.250. The van der Waals surface area contributed by atoms with E-state index in [0.29, 0.717) is 6.04 Å². The lowest BCUT2D eigenvalue weighted by Gasteiger charge is -2.32. The summed E-state index contributed by atoms with van der Waals surface area (Å²) < 4.78 is 0. The van der Waals surface area contributed by atoms with E-state index in [1.165, 1.54) is 51.6 Å². The highest BCUT2D eigenvalue weighted by molar-refractivity contribution is 6.18. The second-order valence-corrected chi connectivity index (χ2v) is 5.89. The molecule has 2 heteroatoms. The van der Waals surface area contributed by atoms with Crippen LogP contribution in [0.5, 0.6) is 0 Å². The molecule has 0 radical (unpaired) electrons. The Balaban J connectivity index is 1.80. The van der Waals surface area contributed by atoms with Gasteiger partial charge in [0.1, 0.15) is 0 Å². The smallest absolute Gasteiger partial charge is 0.0379 e. The predicted molar refractivity (Wildman–Crippen MR) is 66.4 cm³/mol. The van der Waals surface area contributed by atoms with Gasteiger partial charge < -0.3 is 0 Å². The van der Waals surface area contributed by atoms with Crippen molar-refractivity contribution >= 4 is 11.6 Å². The SMILES string of the molecule is CC1CCCC(CN2CCC[C@H]2CCl)C1. The zero-order chi connectivity index (χ0) is 10.7. The van der Waals surface area contributed by atoms with Crippen molar-refractivity contribution in [3.8, 4) is 0 Å². The maximum atomic E-state index is 6.01. The van der Waals surface area contributed by atoms with E-state index < -0.39 is 0 Å². The van der Waals surface area contributed by atoms with Crippen molar-refractivity contribution in [2.75, 3.05) is 19.0 Å². The van der Waals surface area contributed by atoms with Crippen molar-refractivity contribution in [3.05, 3.63) is 0 Å². The molecule has 0 bridgehead atoms. The molecule has 1 heterocycles. The van der Waals surface area contributed by atoms with Gasteiger partial charge in [-0.3, -0.25) is 4.90 Å². The average Bonchev–Trinajstić information content (AvgIpc) is 2.65. The zero-order valence-electron chi connectivity index (χ0n) is 9.92. The molecule has 0 aromatic carbocycles. The summed E-state index contributed by atoms with van der Waals surface area (Å²) in [5, 5.41) is 0. The van der Waals surface area contributed by atoms with Crippen LogP contribution in [0.2, 0.25) is 0 Å². The number of rotatable bonds is 3. The van der Waals surface area contributed by atoms with E-state index in [1.54, 1.807) is 0 Å². The molecule has 1 aliphatic carbocycles. The van der Waals surface area contributed by atoms with Crippen LogP contribution >= 0.6 is 11.6 Å². The third-order valence-electron chi connectivity index (χ3n) is 4.21. The lowest BCUT2D eigenvalue weighted by Crippen LogP contribution is -2.36. The average molecular weight is 230 g/mol. The fraction of sp³-hybridized carbons (Fsp3) is 1.00. The van der Waals surface area contributed by atoms with Crippen molar-refractivity contribution in [1.82, 2.24) is 4.90 Å². The van der Waals surface area contributed by atoms with Gasteiger partial charge in [-0.1, -0.05) is 19.8 Å². The Morgan fingerprint density at radius 3 is 2.80 bits per heavy atom. The maximum Gasteiger partial charge on any atom is 0.0379 e. The summed E-state index contributed by atoms with van der Waals surface area (Å²) >= 11 is 6.01. The van der Waals surface area contributed by atoms with Crippen LogP contribution in [0.15, 0.2) is 0 Å². The highest BCUT2D eigenvalue weighted by Gasteiger charge is 2.27. The van der Waals surface area contributed by atoms with Gasteiger partial charge in [0, 0.05) is 18.5 Å². The van der Waals surface area contributed by atoms with Crippen molar-refractivity contribution in [3.63, 3.8) is 0 Å². The topological polar surface area (TPSA) is 3.24 Å². The van der Waals surface area contributed by atoms with Gasteiger partial charge in [-0.25, -0.2) is 0 Å². The summed E-state index contributed by atoms with van der Waals surface area (Å²) in [6.45, 7) is 5.03. The molecule has 88 valence electrons. The molecule has 1 saturated heterocycles. The Bertz CT molecular complexity index is 195. The molecule has 2 aliphatic rings. The van der Waals surface area contributed by atoms with Crippen LogP contribution < -0.4 is 0 Å². The van der Waals surface area contributed by atoms with Crippen LogP contribution in [0, 0.1) is 11.8 Å². The largest absolute Gasteiger partial charge is 0.299 e. The summed E-state index contributed by atoms with van der Waals surface area (Å²) in [5.74, 6) is 2.75. The molecule has 1 nitrogen and oxygen atoms in total. The first-order chi connectivity index (χ1) is 7.29. The molecule has 0 aromatic heterocycles. The van der Waals surface area contributed by atoms with Crippen LogP contribution in [0.1, 0.15) is 45.4 Å². The minimum atomic E-state index is 0.684. The molecule has 3 atom stereocenters. The molecule has 0 N–H and O–H groups in total. The number of likely N-dealkylation sites (tertiary alicyclic amines) is 1. The molecule has 2 rings (SSSR count). The third kappa shape index (κ3) is 3.10. The standard InChI is InChI=1S/C13H24ClN/c1-11-4-2-5-12(8-11)10-15-7-3-6-13(15)9-14/h11-13H,2-10H2,1H3/t11?,12?,13-/m0/s1. The van der Waals surface area contributed by atoms with Crippen LogP contribution in [-0.4, -0.2) is 29.9 Å². The molecule has 15 heavy (non-hydrogen) atoms. The fourth-order valence-electron chi connectivity index (χ4n) is 3.37. The number of alkyl halides is 1. The number of hydrogen-bond donors (Lipinski definition) is 0. The molecular weight excluding hydrogens is 206 g/mol. The molecule has 0 aromatic rings. The van der Waals surface area contributed by atoms with Crippen molar-refractivity contribution in [1.29, 1.82) is 0 Å². The molecule has 0 spiro atoms. The van der Waals surface area contributed by atoms with Crippen molar-refractivity contribution in [2.24, 2.45) is 11.8 Å². The minimum absolute atomic E-state index is 0.684. The van der Waals surface area contributed by atoms with Gasteiger partial charge in [-0.2, -0.15) is 0 Å². The van der Waals surface area contributed by atoms with Gasteiger partial charge in [-0.05, 0) is 44.1 Å². The minimum Gasteiger partial charge on any atom is -0.299 e. The lowest BCUT2D eigenvalue weighted by atomic mass is 9.82. The normalized spacial score (nSPS) is 38.4. The van der Waals surface area contributed by atoms with E-state index in [0.717, 1.165) is 17.7 Å². The fourth-order valence-corrected chi connectivity index (χ4v) is 3.72. The Morgan fingerprint density at radius 1 is 1.20 bits per heavy atom. The first kappa shape index (κ1) is 11.7. The van der Waals surface area contributed by atoms with Gasteiger partial charge in [0.05, 0.1) is 0 Å². The summed E-state index contributed by atoms with van der Waals surface area (Å²) in [6.07, 6.45) is 8.49. The summed E-state index contributed by atoms with van der Waals surface area (Å²) in [4.78, 5) is 2.65. The zero-order valence-corrected chi connectivity index (χ0v) is 10.7. The van der Waals surface area contributed by atoms with Crippen LogP contribution in [0.25, 0.3) is 0 Å². The van der Waals surface area contributed by atoms with E-state index in [-0.39, 0.29) is 0 Å². The first-order valence-corrected chi connectivity index (χ1v) is 7.13. The van der Waals surface area contributed by atoms with Crippen LogP contribution in [0.4, 0.5) is 0 Å². The van der Waals surface area contributed by atoms with Crippen molar-refractivity contribution in [2.45, 2.75) is 51.5 Å². The lowest BCUT2D eigenvalue weighted by molar-refractivity contribution is 0.176. The second kappa shape index (κ2) is 5.54. The third-order valence-corrected chi connectivity index (χ3v) is 4.57. The monoisotopic (exact) mass is 229 g/mol. The first-order valence-electron chi connectivity index (χ1n) is 6.59. The van der Waals surface area contributed by atoms with E-state index in [9.17, 15) is 0 Å². The van der Waals surface area contributed by atoms with Gasteiger partial charge in [0.25, 0.3) is 0 Å². The van der Waals surface area contributed by atoms with E-state index in [1.807, 2.05) is 0 Å². The molecule has 2 fully saturated rings. The molecule has 1 saturated carbocycles. The second-order valence-electron chi connectivity index (χ2n) is 5.58. The van der Waals surface area contributed by atoms with Crippen LogP contribution in [-0.2, 0) is 0 Å². The van der Waals surface area contributed by atoms with Gasteiger partial charge >= 0.3 is 0 Å². The van der Waals surface area contributed by atoms with E-state index in [2.05, 4.69) is 11.8 Å². The highest BCUT2D eigenvalue weighted by Crippen LogP contribution is 2.31. The molecule has 2 unspecified atom stereocenters. The van der Waals surface area contributed by atoms with Gasteiger partial charge in [-0.15, -0.1) is 11.6 Å². The quantitative estimate of drug-likeness (QED) is 0.670. The molecule has 1 aliphatic heterocycles. The number of nitrogens with zero attached hydrogens (tertiary/aromatic N) is 1. The number of hydrogen-bond acceptors (Lipinski definition) is 1. The molecular formula is C13H24ClN. The Kier molecular flexibility index (Phi) is 4.33. The Morgan fingerprint density at radius 2 is 2.07 bits per heavy atom. The van der Waals surface area contributed by atoms with E-state index >= 15 is 0 Å². The summed E-state index contributed by atoms with van der Waals surface area (Å²) in [5.41, 5.74) is 0. The maximum absolute atomic E-state index is 6.01. The summed E-state index contributed by atoms with van der Waals surface area (Å²) in [6, 6.07) is 0.684. The summed E-state index contributed by atoms with van der Waals surface area (Å²) in [7, 11) is 0. The Labute approximate surface area is 99.2 Å². The molecule has 0 amide bonds. The van der Waals surface area contributed by atoms with E-state index in [4.69, 9.17) is 11.6 Å². The predicted octanol–water partition coefficient (Wildman–Crippen LogP) is 3.52. The van der Waals surface area contributed by atoms with Crippen molar-refractivity contribution < 1.29 is 0 Å². The van der Waals surface area contributed by atoms with Crippen LogP contribution in [0.3, 0.4) is 0 Å². The number of halogens is 1. The highest BCUT2D eigenvalue weighted by atomic mass is 35.5. The van der Waals surface area contributed by atoms with Gasteiger partial charge in [0.15, 0.2) is 0 Å².